The van der Waals surface area contributed by atoms with Gasteiger partial charge in [-0.25, -0.2) is 0 Å². The molecule has 1 aromatic heterocycles. The molecule has 0 bridgehead atoms. The number of aromatic nitrogens is 2. The Morgan fingerprint density at radius 1 is 1.21 bits per heavy atom. The van der Waals surface area contributed by atoms with Gasteiger partial charge in [-0.2, -0.15) is 5.10 Å². The predicted octanol–water partition coefficient (Wildman–Crippen LogP) is 2.55. The summed E-state index contributed by atoms with van der Waals surface area (Å²) in [5.41, 5.74) is -0.503. The van der Waals surface area contributed by atoms with E-state index in [1.807, 2.05) is 62.3 Å². The summed E-state index contributed by atoms with van der Waals surface area (Å²) in [5, 5.41) is 4.18. The van der Waals surface area contributed by atoms with E-state index in [-0.39, 0.29) is 12.5 Å². The smallest absolute Gasteiger partial charge is 0.459 e. The molecule has 0 unspecified atom stereocenters. The molecule has 0 amide bonds. The quantitative estimate of drug-likeness (QED) is 0.626. The van der Waals surface area contributed by atoms with Gasteiger partial charge in [0.25, 0.3) is 0 Å². The Labute approximate surface area is 146 Å². The van der Waals surface area contributed by atoms with Gasteiger partial charge in [0.15, 0.2) is 0 Å². The maximum absolute atomic E-state index is 11.8. The van der Waals surface area contributed by atoms with Crippen molar-refractivity contribution in [2.45, 2.75) is 85.7 Å². The molecule has 7 heteroatoms. The second-order valence-corrected chi connectivity index (χ2v) is 7.65. The number of carbonyl (C=O) groups excluding carboxylic acids is 1. The van der Waals surface area contributed by atoms with Crippen molar-refractivity contribution >= 4 is 18.6 Å². The molecule has 136 valence electrons. The molecule has 0 aromatic carbocycles. The lowest BCUT2D eigenvalue weighted by atomic mass is 9.82. The first kappa shape index (κ1) is 20.7. The van der Waals surface area contributed by atoms with Gasteiger partial charge in [0.1, 0.15) is 12.1 Å². The topological polar surface area (TPSA) is 62.6 Å². The van der Waals surface area contributed by atoms with Gasteiger partial charge < -0.3 is 14.0 Å². The Balaban J connectivity index is 0.00000139. The van der Waals surface area contributed by atoms with E-state index < -0.39 is 23.9 Å². The lowest BCUT2D eigenvalue weighted by Crippen LogP contribution is -2.41. The Bertz CT molecular complexity index is 545. The van der Waals surface area contributed by atoms with Gasteiger partial charge in [-0.15, -0.1) is 0 Å². The molecule has 1 aromatic rings. The third kappa shape index (κ3) is 5.08. The fraction of sp³-hybridized carbons (Fsp3) is 0.765. The highest BCUT2D eigenvalue weighted by Crippen LogP contribution is 2.36. The fourth-order valence-electron chi connectivity index (χ4n) is 2.07. The van der Waals surface area contributed by atoms with Crippen LogP contribution in [0.25, 0.3) is 0 Å². The molecule has 0 radical (unpaired) electrons. The van der Waals surface area contributed by atoms with E-state index in [0.29, 0.717) is 0 Å². The summed E-state index contributed by atoms with van der Waals surface area (Å²) in [4.78, 5) is 11.8. The summed E-state index contributed by atoms with van der Waals surface area (Å²) in [5.74, 6) is -0.323. The van der Waals surface area contributed by atoms with Crippen LogP contribution in [-0.2, 0) is 25.4 Å². The average molecular weight is 338 g/mol. The third-order valence-electron chi connectivity index (χ3n) is 3.89. The number of nitrogens with zero attached hydrogens (tertiary/aromatic N) is 2. The van der Waals surface area contributed by atoms with Gasteiger partial charge in [-0.1, -0.05) is 13.8 Å². The Kier molecular flexibility index (Phi) is 6.28. The van der Waals surface area contributed by atoms with Crippen molar-refractivity contribution in [3.8, 4) is 0 Å². The molecule has 0 aliphatic carbocycles. The number of carbonyl (C=O) groups is 1. The number of rotatable bonds is 3. The van der Waals surface area contributed by atoms with Crippen molar-refractivity contribution in [2.24, 2.45) is 0 Å². The minimum absolute atomic E-state index is 0.0662. The summed E-state index contributed by atoms with van der Waals surface area (Å²) in [6.07, 6.45) is 3.42. The van der Waals surface area contributed by atoms with Crippen LogP contribution in [0.2, 0.25) is 0 Å². The zero-order chi connectivity index (χ0) is 18.8. The Morgan fingerprint density at radius 3 is 2.17 bits per heavy atom. The molecule has 6 nitrogen and oxygen atoms in total. The molecule has 24 heavy (non-hydrogen) atoms. The van der Waals surface area contributed by atoms with Crippen molar-refractivity contribution in [1.82, 2.24) is 9.78 Å². The minimum Gasteiger partial charge on any atom is -0.459 e. The molecule has 1 saturated heterocycles. The summed E-state index contributed by atoms with van der Waals surface area (Å²) in [6.45, 7) is 17.6. The Hall–Kier alpha value is -1.34. The molecule has 1 aliphatic rings. The van der Waals surface area contributed by atoms with E-state index in [1.54, 1.807) is 12.4 Å². The second kappa shape index (κ2) is 7.27. The zero-order valence-electron chi connectivity index (χ0n) is 16.5. The van der Waals surface area contributed by atoms with Crippen molar-refractivity contribution in [3.05, 3.63) is 12.4 Å². The molecule has 2 rings (SSSR count). The van der Waals surface area contributed by atoms with Crippen molar-refractivity contribution in [1.29, 1.82) is 0 Å². The van der Waals surface area contributed by atoms with Crippen LogP contribution in [0.4, 0.5) is 0 Å². The molecule has 0 spiro atoms. The molecule has 0 N–H and O–H groups in total. The monoisotopic (exact) mass is 338 g/mol. The van der Waals surface area contributed by atoms with Gasteiger partial charge in [0.05, 0.1) is 11.2 Å². The molecule has 2 heterocycles. The number of ether oxygens (including phenoxy) is 1. The molecule has 0 saturated carbocycles. The van der Waals surface area contributed by atoms with Crippen LogP contribution in [0.15, 0.2) is 12.4 Å². The standard InChI is InChI=1S/C15H25BN2O4.C2H6/c1-13(2,3)20-12(19)10-18-9-11(8-17-18)16-21-14(4,5)15(6,7)22-16;1-2/h8-9H,10H2,1-7H3;1-2H3. The van der Waals surface area contributed by atoms with E-state index in [0.717, 1.165) is 5.46 Å². The fourth-order valence-corrected chi connectivity index (χ4v) is 2.07. The van der Waals surface area contributed by atoms with E-state index in [1.165, 1.54) is 4.68 Å². The highest BCUT2D eigenvalue weighted by Gasteiger charge is 2.52. The minimum atomic E-state index is -0.501. The van der Waals surface area contributed by atoms with Crippen LogP contribution in [0.5, 0.6) is 0 Å². The van der Waals surface area contributed by atoms with Gasteiger partial charge >= 0.3 is 13.1 Å². The lowest BCUT2D eigenvalue weighted by molar-refractivity contribution is -0.155. The van der Waals surface area contributed by atoms with Crippen LogP contribution in [0.3, 0.4) is 0 Å². The van der Waals surface area contributed by atoms with E-state index in [4.69, 9.17) is 14.0 Å². The molecular weight excluding hydrogens is 307 g/mol. The van der Waals surface area contributed by atoms with Crippen LogP contribution < -0.4 is 5.46 Å². The van der Waals surface area contributed by atoms with Gasteiger partial charge in [0.2, 0.25) is 0 Å². The summed E-state index contributed by atoms with van der Waals surface area (Å²) >= 11 is 0. The highest BCUT2D eigenvalue weighted by atomic mass is 16.7. The molecule has 1 fully saturated rings. The molecule has 1 aliphatic heterocycles. The first-order valence-electron chi connectivity index (χ1n) is 8.49. The van der Waals surface area contributed by atoms with E-state index in [9.17, 15) is 4.79 Å². The highest BCUT2D eigenvalue weighted by molar-refractivity contribution is 6.62. The van der Waals surface area contributed by atoms with Crippen LogP contribution in [0, 0.1) is 0 Å². The van der Waals surface area contributed by atoms with Crippen LogP contribution in [-0.4, -0.2) is 39.7 Å². The van der Waals surface area contributed by atoms with Crippen molar-refractivity contribution in [3.63, 3.8) is 0 Å². The van der Waals surface area contributed by atoms with Gasteiger partial charge in [-0.3, -0.25) is 9.48 Å². The summed E-state index contributed by atoms with van der Waals surface area (Å²) in [6, 6.07) is 0. The largest absolute Gasteiger partial charge is 0.498 e. The van der Waals surface area contributed by atoms with E-state index in [2.05, 4.69) is 5.10 Å². The summed E-state index contributed by atoms with van der Waals surface area (Å²) in [7, 11) is -0.475. The summed E-state index contributed by atoms with van der Waals surface area (Å²) < 4.78 is 18.7. The number of hydrogen-bond acceptors (Lipinski definition) is 5. The molecular formula is C17H31BN2O4. The third-order valence-corrected chi connectivity index (χ3v) is 3.89. The Morgan fingerprint density at radius 2 is 1.71 bits per heavy atom. The first-order chi connectivity index (χ1) is 10.9. The SMILES string of the molecule is CC.CC(C)(C)OC(=O)Cn1cc(B2OC(C)(C)C(C)(C)O2)cn1. The average Bonchev–Trinajstić information content (AvgIpc) is 2.93. The predicted molar refractivity (Wildman–Crippen MR) is 95.1 cm³/mol. The molecule has 0 atom stereocenters. The normalized spacial score (nSPS) is 18.8. The number of hydrogen-bond donors (Lipinski definition) is 0. The maximum Gasteiger partial charge on any atom is 0.498 e. The maximum atomic E-state index is 11.8. The van der Waals surface area contributed by atoms with Crippen LogP contribution in [0.1, 0.15) is 62.3 Å². The van der Waals surface area contributed by atoms with E-state index >= 15 is 0 Å². The lowest BCUT2D eigenvalue weighted by Gasteiger charge is -2.32. The van der Waals surface area contributed by atoms with Gasteiger partial charge in [-0.05, 0) is 48.5 Å². The first-order valence-corrected chi connectivity index (χ1v) is 8.49. The van der Waals surface area contributed by atoms with Crippen LogP contribution >= 0.6 is 0 Å². The zero-order valence-corrected chi connectivity index (χ0v) is 16.5. The van der Waals surface area contributed by atoms with Crippen molar-refractivity contribution < 1.29 is 18.8 Å². The second-order valence-electron chi connectivity index (χ2n) is 7.65. The number of esters is 1. The van der Waals surface area contributed by atoms with Gasteiger partial charge in [0, 0.05) is 17.9 Å². The van der Waals surface area contributed by atoms with Crippen molar-refractivity contribution in [2.75, 3.05) is 0 Å².